The van der Waals surface area contributed by atoms with Gasteiger partial charge in [-0.15, -0.1) is 0 Å². The normalized spacial score (nSPS) is 16.7. The highest BCUT2D eigenvalue weighted by atomic mass is 15.3. The predicted molar refractivity (Wildman–Crippen MR) is 92.1 cm³/mol. The third-order valence-electron chi connectivity index (χ3n) is 4.25. The third kappa shape index (κ3) is 4.72. The summed E-state index contributed by atoms with van der Waals surface area (Å²) >= 11 is 0. The molecule has 3 nitrogen and oxygen atoms in total. The maximum atomic E-state index is 3.41. The van der Waals surface area contributed by atoms with Crippen molar-refractivity contribution in [1.82, 2.24) is 10.2 Å². The molecule has 1 aromatic carbocycles. The average molecular weight is 289 g/mol. The first-order valence-corrected chi connectivity index (χ1v) is 8.37. The zero-order valence-electron chi connectivity index (χ0n) is 14.2. The van der Waals surface area contributed by atoms with Crippen LogP contribution >= 0.6 is 0 Å². The Bertz CT molecular complexity index is 434. The molecule has 3 heteroatoms. The van der Waals surface area contributed by atoms with Crippen molar-refractivity contribution in [2.45, 2.75) is 34.2 Å². The molecule has 0 radical (unpaired) electrons. The molecule has 1 saturated heterocycles. The van der Waals surface area contributed by atoms with Crippen molar-refractivity contribution in [1.29, 1.82) is 0 Å². The second-order valence-corrected chi connectivity index (χ2v) is 6.57. The molecule has 1 heterocycles. The Morgan fingerprint density at radius 3 is 2.43 bits per heavy atom. The van der Waals surface area contributed by atoms with Crippen LogP contribution in [0.2, 0.25) is 0 Å². The fourth-order valence-electron chi connectivity index (χ4n) is 3.04. The van der Waals surface area contributed by atoms with Gasteiger partial charge >= 0.3 is 0 Å². The summed E-state index contributed by atoms with van der Waals surface area (Å²) in [6.07, 6.45) is 0. The van der Waals surface area contributed by atoms with Gasteiger partial charge in [-0.3, -0.25) is 4.90 Å². The lowest BCUT2D eigenvalue weighted by Crippen LogP contribution is -2.47. The maximum absolute atomic E-state index is 3.41. The standard InChI is InChI=1S/C18H31N3/c1-5-19-13-17-6-7-18(12-16(17)4)21-10-8-20(9-11-21)14-15(2)3/h6-7,12,15,19H,5,8-11,13-14H2,1-4H3. The average Bonchev–Trinajstić information content (AvgIpc) is 2.46. The van der Waals surface area contributed by atoms with Gasteiger partial charge < -0.3 is 10.2 Å². The van der Waals surface area contributed by atoms with Crippen molar-refractivity contribution in [3.63, 3.8) is 0 Å². The lowest BCUT2D eigenvalue weighted by Gasteiger charge is -2.37. The van der Waals surface area contributed by atoms with Crippen LogP contribution in [-0.4, -0.2) is 44.2 Å². The molecule has 1 aliphatic heterocycles. The van der Waals surface area contributed by atoms with E-state index < -0.39 is 0 Å². The molecule has 0 bridgehead atoms. The van der Waals surface area contributed by atoms with Crippen LogP contribution in [-0.2, 0) is 6.54 Å². The molecule has 0 spiro atoms. The largest absolute Gasteiger partial charge is 0.369 e. The lowest BCUT2D eigenvalue weighted by atomic mass is 10.1. The van der Waals surface area contributed by atoms with E-state index in [0.29, 0.717) is 0 Å². The van der Waals surface area contributed by atoms with Crippen molar-refractivity contribution < 1.29 is 0 Å². The van der Waals surface area contributed by atoms with Gasteiger partial charge in [0, 0.05) is 45.0 Å². The number of benzene rings is 1. The second-order valence-electron chi connectivity index (χ2n) is 6.57. The first-order valence-electron chi connectivity index (χ1n) is 8.37. The van der Waals surface area contributed by atoms with Gasteiger partial charge in [-0.25, -0.2) is 0 Å². The van der Waals surface area contributed by atoms with Gasteiger partial charge in [0.2, 0.25) is 0 Å². The highest BCUT2D eigenvalue weighted by molar-refractivity contribution is 5.51. The number of anilines is 1. The Hall–Kier alpha value is -1.06. The van der Waals surface area contributed by atoms with E-state index in [4.69, 9.17) is 0 Å². The van der Waals surface area contributed by atoms with E-state index in [2.05, 4.69) is 61.0 Å². The Kier molecular flexibility index (Phi) is 6.07. The molecule has 2 rings (SSSR count). The number of nitrogens with zero attached hydrogens (tertiary/aromatic N) is 2. The van der Waals surface area contributed by atoms with Crippen molar-refractivity contribution >= 4 is 5.69 Å². The van der Waals surface area contributed by atoms with E-state index >= 15 is 0 Å². The number of nitrogens with one attached hydrogen (secondary N) is 1. The molecule has 0 aromatic heterocycles. The molecule has 1 fully saturated rings. The highest BCUT2D eigenvalue weighted by Gasteiger charge is 2.18. The molecule has 0 unspecified atom stereocenters. The minimum Gasteiger partial charge on any atom is -0.369 e. The summed E-state index contributed by atoms with van der Waals surface area (Å²) in [6, 6.07) is 6.93. The van der Waals surface area contributed by atoms with Gasteiger partial charge in [-0.1, -0.05) is 26.8 Å². The van der Waals surface area contributed by atoms with Crippen molar-refractivity contribution in [2.24, 2.45) is 5.92 Å². The van der Waals surface area contributed by atoms with Crippen LogP contribution in [0.15, 0.2) is 18.2 Å². The van der Waals surface area contributed by atoms with E-state index in [1.54, 1.807) is 0 Å². The van der Waals surface area contributed by atoms with Gasteiger partial charge in [0.05, 0.1) is 0 Å². The van der Waals surface area contributed by atoms with E-state index in [1.807, 2.05) is 0 Å². The summed E-state index contributed by atoms with van der Waals surface area (Å²) in [6.45, 7) is 16.9. The zero-order chi connectivity index (χ0) is 15.2. The quantitative estimate of drug-likeness (QED) is 0.869. The van der Waals surface area contributed by atoms with Gasteiger partial charge in [-0.05, 0) is 42.6 Å². The topological polar surface area (TPSA) is 18.5 Å². The van der Waals surface area contributed by atoms with Crippen molar-refractivity contribution in [3.05, 3.63) is 29.3 Å². The van der Waals surface area contributed by atoms with E-state index in [0.717, 1.165) is 32.1 Å². The Morgan fingerprint density at radius 2 is 1.86 bits per heavy atom. The first-order chi connectivity index (χ1) is 10.1. The molecule has 0 saturated carbocycles. The summed E-state index contributed by atoms with van der Waals surface area (Å²) < 4.78 is 0. The molecule has 0 aliphatic carbocycles. The molecule has 1 aliphatic rings. The summed E-state index contributed by atoms with van der Waals surface area (Å²) in [5.74, 6) is 0.768. The smallest absolute Gasteiger partial charge is 0.0369 e. The Morgan fingerprint density at radius 1 is 1.14 bits per heavy atom. The van der Waals surface area contributed by atoms with E-state index in [-0.39, 0.29) is 0 Å². The fourth-order valence-corrected chi connectivity index (χ4v) is 3.04. The Balaban J connectivity index is 1.92. The zero-order valence-corrected chi connectivity index (χ0v) is 14.2. The predicted octanol–water partition coefficient (Wildman–Crippen LogP) is 2.88. The van der Waals surface area contributed by atoms with Crippen LogP contribution in [0, 0.1) is 12.8 Å². The SMILES string of the molecule is CCNCc1ccc(N2CCN(CC(C)C)CC2)cc1C. The van der Waals surface area contributed by atoms with E-state index in [9.17, 15) is 0 Å². The number of rotatable bonds is 6. The number of hydrogen-bond donors (Lipinski definition) is 1. The summed E-state index contributed by atoms with van der Waals surface area (Å²) in [5, 5.41) is 3.41. The van der Waals surface area contributed by atoms with Crippen molar-refractivity contribution in [2.75, 3.05) is 44.2 Å². The fraction of sp³-hybridized carbons (Fsp3) is 0.667. The van der Waals surface area contributed by atoms with Crippen LogP contribution in [0.5, 0.6) is 0 Å². The highest BCUT2D eigenvalue weighted by Crippen LogP contribution is 2.21. The van der Waals surface area contributed by atoms with Crippen molar-refractivity contribution in [3.8, 4) is 0 Å². The summed E-state index contributed by atoms with van der Waals surface area (Å²) in [4.78, 5) is 5.12. The van der Waals surface area contributed by atoms with Gasteiger partial charge in [0.25, 0.3) is 0 Å². The molecule has 0 amide bonds. The van der Waals surface area contributed by atoms with Crippen LogP contribution in [0.1, 0.15) is 31.9 Å². The van der Waals surface area contributed by atoms with Crippen LogP contribution in [0.4, 0.5) is 5.69 Å². The first kappa shape index (κ1) is 16.3. The summed E-state index contributed by atoms with van der Waals surface area (Å²) in [5.41, 5.74) is 4.20. The molecule has 1 aromatic rings. The molecule has 21 heavy (non-hydrogen) atoms. The lowest BCUT2D eigenvalue weighted by molar-refractivity contribution is 0.231. The molecular formula is C18H31N3. The molecule has 118 valence electrons. The van der Waals surface area contributed by atoms with Gasteiger partial charge in [0.1, 0.15) is 0 Å². The third-order valence-corrected chi connectivity index (χ3v) is 4.25. The minimum absolute atomic E-state index is 0.768. The number of piperazine rings is 1. The number of hydrogen-bond acceptors (Lipinski definition) is 3. The second kappa shape index (κ2) is 7.81. The summed E-state index contributed by atoms with van der Waals surface area (Å²) in [7, 11) is 0. The van der Waals surface area contributed by atoms with Crippen LogP contribution in [0.3, 0.4) is 0 Å². The van der Waals surface area contributed by atoms with Crippen LogP contribution in [0.25, 0.3) is 0 Å². The number of aryl methyl sites for hydroxylation is 1. The van der Waals surface area contributed by atoms with Gasteiger partial charge in [0.15, 0.2) is 0 Å². The van der Waals surface area contributed by atoms with Crippen LogP contribution < -0.4 is 10.2 Å². The Labute approximate surface area is 130 Å². The van der Waals surface area contributed by atoms with Gasteiger partial charge in [-0.2, -0.15) is 0 Å². The molecule has 1 N–H and O–H groups in total. The minimum atomic E-state index is 0.768. The molecule has 0 atom stereocenters. The van der Waals surface area contributed by atoms with E-state index in [1.165, 1.54) is 36.4 Å². The maximum Gasteiger partial charge on any atom is 0.0369 e. The molecular weight excluding hydrogens is 258 g/mol. The monoisotopic (exact) mass is 289 g/mol.